The van der Waals surface area contributed by atoms with Crippen LogP contribution in [-0.4, -0.2) is 48.2 Å². The molecule has 3 aromatic carbocycles. The highest BCUT2D eigenvalue weighted by atomic mass is 19.2. The van der Waals surface area contributed by atoms with Crippen molar-refractivity contribution in [2.75, 3.05) is 19.6 Å². The summed E-state index contributed by atoms with van der Waals surface area (Å²) in [7, 11) is 0. The number of carbonyl (C=O) groups excluding carboxylic acids is 3. The lowest BCUT2D eigenvalue weighted by molar-refractivity contribution is 0.0592. The Labute approximate surface area is 201 Å². The zero-order valence-electron chi connectivity index (χ0n) is 18.9. The number of ether oxygens (including phenoxy) is 1. The van der Waals surface area contributed by atoms with E-state index in [0.717, 1.165) is 12.1 Å². The number of rotatable bonds is 7. The molecule has 1 aliphatic heterocycles. The smallest absolute Gasteiger partial charge is 0.255 e. The van der Waals surface area contributed by atoms with Crippen LogP contribution in [0.25, 0.3) is 0 Å². The topological polar surface area (TPSA) is 75.7 Å². The third-order valence-electron chi connectivity index (χ3n) is 5.83. The first kappa shape index (κ1) is 24.1. The average Bonchev–Trinajstić information content (AvgIpc) is 2.89. The molecule has 0 bridgehead atoms. The molecule has 0 aliphatic carbocycles. The van der Waals surface area contributed by atoms with Crippen molar-refractivity contribution in [3.8, 4) is 5.75 Å². The van der Waals surface area contributed by atoms with Crippen LogP contribution < -0.4 is 10.1 Å². The Bertz CT molecular complexity index is 1220. The maximum absolute atomic E-state index is 13.5. The number of amides is 2. The normalized spacial score (nSPS) is 13.8. The second-order valence-corrected chi connectivity index (χ2v) is 8.21. The van der Waals surface area contributed by atoms with E-state index in [9.17, 15) is 23.2 Å². The van der Waals surface area contributed by atoms with Crippen LogP contribution in [0.3, 0.4) is 0 Å². The summed E-state index contributed by atoms with van der Waals surface area (Å²) in [6.45, 7) is 0.618. The van der Waals surface area contributed by atoms with E-state index in [-0.39, 0.29) is 29.9 Å². The number of nitrogens with one attached hydrogen (secondary N) is 1. The molecular formula is C27H24F2N2O4. The van der Waals surface area contributed by atoms with Gasteiger partial charge in [-0.1, -0.05) is 42.5 Å². The highest BCUT2D eigenvalue weighted by Gasteiger charge is 2.26. The third-order valence-corrected chi connectivity index (χ3v) is 5.83. The lowest BCUT2D eigenvalue weighted by Crippen LogP contribution is -2.42. The molecule has 4 rings (SSSR count). The van der Waals surface area contributed by atoms with Gasteiger partial charge in [0.2, 0.25) is 0 Å². The van der Waals surface area contributed by atoms with Gasteiger partial charge in [0.1, 0.15) is 11.9 Å². The first-order chi connectivity index (χ1) is 16.9. The molecule has 6 nitrogen and oxygen atoms in total. The predicted octanol–water partition coefficient (Wildman–Crippen LogP) is 4.26. The third kappa shape index (κ3) is 5.90. The molecule has 0 aromatic heterocycles. The minimum Gasteiger partial charge on any atom is -0.489 e. The van der Waals surface area contributed by atoms with Crippen LogP contribution >= 0.6 is 0 Å². The summed E-state index contributed by atoms with van der Waals surface area (Å²) in [6.07, 6.45) is 0.791. The fourth-order valence-corrected chi connectivity index (χ4v) is 3.91. The highest BCUT2D eigenvalue weighted by Crippen LogP contribution is 2.24. The molecule has 1 saturated heterocycles. The summed E-state index contributed by atoms with van der Waals surface area (Å²) in [6, 6.07) is 18.6. The van der Waals surface area contributed by atoms with Crippen molar-refractivity contribution in [3.63, 3.8) is 0 Å². The number of hydrogen-bond acceptors (Lipinski definition) is 4. The van der Waals surface area contributed by atoms with Gasteiger partial charge in [-0.3, -0.25) is 14.4 Å². The molecule has 8 heteroatoms. The Balaban J connectivity index is 1.33. The largest absolute Gasteiger partial charge is 0.489 e. The summed E-state index contributed by atoms with van der Waals surface area (Å²) in [4.78, 5) is 39.2. The van der Waals surface area contributed by atoms with E-state index in [2.05, 4.69) is 5.32 Å². The number of benzene rings is 3. The van der Waals surface area contributed by atoms with Crippen molar-refractivity contribution in [2.24, 2.45) is 0 Å². The van der Waals surface area contributed by atoms with Gasteiger partial charge in [-0.15, -0.1) is 0 Å². The maximum atomic E-state index is 13.5. The summed E-state index contributed by atoms with van der Waals surface area (Å²) in [5.41, 5.74) is 0.922. The molecule has 1 heterocycles. The molecule has 2 amide bonds. The number of para-hydroxylation sites is 1. The quantitative estimate of drug-likeness (QED) is 0.515. The number of likely N-dealkylation sites (tertiary alicyclic amines) is 1. The van der Waals surface area contributed by atoms with Crippen molar-refractivity contribution >= 4 is 17.6 Å². The average molecular weight is 478 g/mol. The van der Waals surface area contributed by atoms with Crippen LogP contribution in [0.15, 0.2) is 72.8 Å². The molecule has 1 aliphatic rings. The molecule has 0 spiro atoms. The minimum absolute atomic E-state index is 0.0929. The van der Waals surface area contributed by atoms with Gasteiger partial charge in [-0.05, 0) is 30.3 Å². The molecular weight excluding hydrogens is 454 g/mol. The molecule has 1 N–H and O–H groups in total. The van der Waals surface area contributed by atoms with Gasteiger partial charge in [0, 0.05) is 37.1 Å². The molecule has 180 valence electrons. The van der Waals surface area contributed by atoms with Crippen molar-refractivity contribution in [3.05, 3.63) is 101 Å². The van der Waals surface area contributed by atoms with Gasteiger partial charge in [0.25, 0.3) is 11.8 Å². The lowest BCUT2D eigenvalue weighted by atomic mass is 10.1. The van der Waals surface area contributed by atoms with Crippen LogP contribution in [0.5, 0.6) is 5.75 Å². The minimum atomic E-state index is -1.06. The Morgan fingerprint density at radius 3 is 2.26 bits per heavy atom. The van der Waals surface area contributed by atoms with Gasteiger partial charge in [-0.25, -0.2) is 8.78 Å². The maximum Gasteiger partial charge on any atom is 0.255 e. The fraction of sp³-hybridized carbons (Fsp3) is 0.222. The number of piperidine rings is 1. The molecule has 35 heavy (non-hydrogen) atoms. The van der Waals surface area contributed by atoms with Crippen molar-refractivity contribution < 1.29 is 27.9 Å². The molecule has 1 fully saturated rings. The van der Waals surface area contributed by atoms with Crippen LogP contribution in [-0.2, 0) is 0 Å². The second kappa shape index (κ2) is 10.9. The van der Waals surface area contributed by atoms with Gasteiger partial charge < -0.3 is 15.0 Å². The number of Topliss-reactive ketones (excluding diaryl/α,β-unsaturated/α-hetero) is 1. The van der Waals surface area contributed by atoms with Gasteiger partial charge >= 0.3 is 0 Å². The number of halogens is 2. The van der Waals surface area contributed by atoms with Crippen LogP contribution in [0, 0.1) is 11.6 Å². The molecule has 0 radical (unpaired) electrons. The van der Waals surface area contributed by atoms with E-state index in [1.54, 1.807) is 53.4 Å². The van der Waals surface area contributed by atoms with E-state index in [4.69, 9.17) is 4.74 Å². The Kier molecular flexibility index (Phi) is 7.50. The summed E-state index contributed by atoms with van der Waals surface area (Å²) < 4.78 is 32.7. The SMILES string of the molecule is O=C(CNC(=O)c1ccccc1OC1CCN(C(=O)c2ccc(F)c(F)c2)CC1)c1ccccc1. The van der Waals surface area contributed by atoms with Gasteiger partial charge in [0.15, 0.2) is 17.4 Å². The molecule has 0 saturated carbocycles. The number of carbonyl (C=O) groups is 3. The lowest BCUT2D eigenvalue weighted by Gasteiger charge is -2.32. The van der Waals surface area contributed by atoms with Crippen LogP contribution in [0.2, 0.25) is 0 Å². The van der Waals surface area contributed by atoms with Crippen molar-refractivity contribution in [1.29, 1.82) is 0 Å². The number of ketones is 1. The predicted molar refractivity (Wildman–Crippen MR) is 125 cm³/mol. The van der Waals surface area contributed by atoms with Gasteiger partial charge in [0.05, 0.1) is 12.1 Å². The second-order valence-electron chi connectivity index (χ2n) is 8.21. The fourth-order valence-electron chi connectivity index (χ4n) is 3.91. The van der Waals surface area contributed by atoms with Gasteiger partial charge in [-0.2, -0.15) is 0 Å². The first-order valence-corrected chi connectivity index (χ1v) is 11.3. The van der Waals surface area contributed by atoms with Crippen molar-refractivity contribution in [2.45, 2.75) is 18.9 Å². The van der Waals surface area contributed by atoms with E-state index in [1.807, 2.05) is 6.07 Å². The Morgan fingerprint density at radius 2 is 1.54 bits per heavy atom. The molecule has 0 atom stereocenters. The Morgan fingerprint density at radius 1 is 0.857 bits per heavy atom. The summed E-state index contributed by atoms with van der Waals surface area (Å²) in [5, 5.41) is 2.64. The molecule has 3 aromatic rings. The van der Waals surface area contributed by atoms with Crippen LogP contribution in [0.1, 0.15) is 43.9 Å². The Hall–Kier alpha value is -4.07. The molecule has 0 unspecified atom stereocenters. The zero-order chi connectivity index (χ0) is 24.8. The van der Waals surface area contributed by atoms with E-state index in [1.165, 1.54) is 6.07 Å². The summed E-state index contributed by atoms with van der Waals surface area (Å²) >= 11 is 0. The number of hydrogen-bond donors (Lipinski definition) is 1. The van der Waals surface area contributed by atoms with Crippen molar-refractivity contribution in [1.82, 2.24) is 10.2 Å². The van der Waals surface area contributed by atoms with E-state index < -0.39 is 17.5 Å². The zero-order valence-corrected chi connectivity index (χ0v) is 18.9. The van der Waals surface area contributed by atoms with Crippen LogP contribution in [0.4, 0.5) is 8.78 Å². The highest BCUT2D eigenvalue weighted by molar-refractivity contribution is 6.03. The van der Waals surface area contributed by atoms with E-state index in [0.29, 0.717) is 42.8 Å². The summed E-state index contributed by atoms with van der Waals surface area (Å²) in [5.74, 6) is -2.66. The number of nitrogens with zero attached hydrogens (tertiary/aromatic N) is 1. The van der Waals surface area contributed by atoms with E-state index >= 15 is 0 Å². The standard InChI is InChI=1S/C27H24F2N2O4/c28-22-11-10-19(16-23(22)29)27(34)31-14-12-20(13-15-31)35-25-9-5-4-8-21(25)26(33)30-17-24(32)18-6-2-1-3-7-18/h1-11,16,20H,12-15,17H2,(H,30,33). The first-order valence-electron chi connectivity index (χ1n) is 11.3. The monoisotopic (exact) mass is 478 g/mol.